The van der Waals surface area contributed by atoms with Crippen LogP contribution in [0.1, 0.15) is 53.6 Å². The molecule has 1 N–H and O–H groups in total. The smallest absolute Gasteiger partial charge is 0.343 e. The van der Waals surface area contributed by atoms with Gasteiger partial charge in [-0.15, -0.1) is 0 Å². The Kier molecular flexibility index (Phi) is 6.98. The van der Waals surface area contributed by atoms with Crippen LogP contribution in [0.3, 0.4) is 0 Å². The molecule has 1 amide bonds. The summed E-state index contributed by atoms with van der Waals surface area (Å²) in [6.45, 7) is 1.96. The van der Waals surface area contributed by atoms with Gasteiger partial charge >= 0.3 is 5.97 Å². The van der Waals surface area contributed by atoms with Gasteiger partial charge in [-0.1, -0.05) is 52.9 Å². The van der Waals surface area contributed by atoms with Gasteiger partial charge in [-0.25, -0.2) is 10.2 Å². The van der Waals surface area contributed by atoms with E-state index in [9.17, 15) is 9.59 Å². The maximum Gasteiger partial charge on any atom is 0.343 e. The summed E-state index contributed by atoms with van der Waals surface area (Å²) in [5.74, 6) is -0.0796. The van der Waals surface area contributed by atoms with E-state index in [0.29, 0.717) is 16.9 Å². The fourth-order valence-corrected chi connectivity index (χ4v) is 3.56. The molecule has 1 saturated carbocycles. The summed E-state index contributed by atoms with van der Waals surface area (Å²) in [5, 5.41) is 4.07. The summed E-state index contributed by atoms with van der Waals surface area (Å²) < 4.78 is 6.36. The predicted molar refractivity (Wildman–Crippen MR) is 113 cm³/mol. The van der Waals surface area contributed by atoms with Crippen molar-refractivity contribution in [1.29, 1.82) is 0 Å². The zero-order valence-electron chi connectivity index (χ0n) is 15.8. The number of rotatable bonds is 5. The monoisotopic (exact) mass is 442 g/mol. The summed E-state index contributed by atoms with van der Waals surface area (Å²) in [6, 6.07) is 12.5. The molecule has 0 unspecified atom stereocenters. The fourth-order valence-electron chi connectivity index (χ4n) is 3.18. The van der Waals surface area contributed by atoms with Gasteiger partial charge in [0, 0.05) is 16.0 Å². The Morgan fingerprint density at radius 3 is 2.54 bits per heavy atom. The number of carbonyl (C=O) groups is 2. The number of hydrogen-bond acceptors (Lipinski definition) is 4. The van der Waals surface area contributed by atoms with Gasteiger partial charge in [-0.2, -0.15) is 5.10 Å². The molecule has 5 nitrogen and oxygen atoms in total. The minimum absolute atomic E-state index is 0.0345. The lowest BCUT2D eigenvalue weighted by molar-refractivity contribution is -0.125. The van der Waals surface area contributed by atoms with Crippen LogP contribution in [0.25, 0.3) is 0 Å². The number of hydrazone groups is 1. The first kappa shape index (κ1) is 20.3. The zero-order chi connectivity index (χ0) is 19.9. The van der Waals surface area contributed by atoms with Crippen LogP contribution >= 0.6 is 15.9 Å². The van der Waals surface area contributed by atoms with Crippen LogP contribution in [0, 0.1) is 12.8 Å². The van der Waals surface area contributed by atoms with Crippen LogP contribution in [-0.4, -0.2) is 18.1 Å². The van der Waals surface area contributed by atoms with E-state index in [1.807, 2.05) is 19.1 Å². The predicted octanol–water partition coefficient (Wildman–Crippen LogP) is 5.01. The molecule has 146 valence electrons. The topological polar surface area (TPSA) is 67.8 Å². The Labute approximate surface area is 173 Å². The van der Waals surface area contributed by atoms with Crippen LogP contribution in [0.4, 0.5) is 0 Å². The number of carbonyl (C=O) groups excluding carboxylic acids is 2. The molecule has 0 spiro atoms. The molecule has 28 heavy (non-hydrogen) atoms. The highest BCUT2D eigenvalue weighted by atomic mass is 79.9. The Balaban J connectivity index is 1.68. The number of aryl methyl sites for hydroxylation is 1. The van der Waals surface area contributed by atoms with Crippen molar-refractivity contribution in [2.24, 2.45) is 11.0 Å². The molecule has 6 heteroatoms. The first-order valence-electron chi connectivity index (χ1n) is 9.44. The molecular formula is C22H23BrN2O3. The summed E-state index contributed by atoms with van der Waals surface area (Å²) >= 11 is 3.41. The highest BCUT2D eigenvalue weighted by Crippen LogP contribution is 2.24. The number of amides is 1. The number of halogens is 1. The summed E-state index contributed by atoms with van der Waals surface area (Å²) in [6.07, 6.45) is 6.71. The third-order valence-corrected chi connectivity index (χ3v) is 5.31. The summed E-state index contributed by atoms with van der Waals surface area (Å²) in [4.78, 5) is 24.6. The lowest BCUT2D eigenvalue weighted by Gasteiger charge is -2.19. The SMILES string of the molecule is Cc1ccc(C(=O)Oc2ccc(Br)cc2/C=N\NC(=O)C2CCCCC2)cc1. The van der Waals surface area contributed by atoms with Crippen molar-refractivity contribution in [1.82, 2.24) is 5.43 Å². The van der Waals surface area contributed by atoms with Crippen molar-refractivity contribution in [3.8, 4) is 5.75 Å². The molecule has 0 saturated heterocycles. The molecule has 2 aromatic rings. The van der Waals surface area contributed by atoms with Gasteiger partial charge in [0.25, 0.3) is 0 Å². The molecule has 0 radical (unpaired) electrons. The molecule has 0 aliphatic heterocycles. The normalized spacial score (nSPS) is 14.8. The van der Waals surface area contributed by atoms with E-state index < -0.39 is 5.97 Å². The van der Waals surface area contributed by atoms with Crippen LogP contribution in [-0.2, 0) is 4.79 Å². The first-order valence-corrected chi connectivity index (χ1v) is 10.2. The van der Waals surface area contributed by atoms with Gasteiger partial charge in [0.15, 0.2) is 0 Å². The second kappa shape index (κ2) is 9.64. The minimum Gasteiger partial charge on any atom is -0.422 e. The molecule has 0 bridgehead atoms. The van der Waals surface area contributed by atoms with E-state index in [1.54, 1.807) is 30.3 Å². The van der Waals surface area contributed by atoms with Crippen molar-refractivity contribution in [3.05, 3.63) is 63.6 Å². The number of ether oxygens (including phenoxy) is 1. The number of nitrogens with one attached hydrogen (secondary N) is 1. The summed E-state index contributed by atoms with van der Waals surface area (Å²) in [5.41, 5.74) is 4.75. The molecule has 3 rings (SSSR count). The summed E-state index contributed by atoms with van der Waals surface area (Å²) in [7, 11) is 0. The lowest BCUT2D eigenvalue weighted by atomic mass is 9.89. The van der Waals surface area contributed by atoms with Gasteiger partial charge in [-0.05, 0) is 50.1 Å². The molecule has 1 aliphatic rings. The Bertz CT molecular complexity index is 872. The van der Waals surface area contributed by atoms with Crippen LogP contribution in [0.5, 0.6) is 5.75 Å². The van der Waals surface area contributed by atoms with Crippen LogP contribution in [0.15, 0.2) is 52.0 Å². The van der Waals surface area contributed by atoms with Crippen molar-refractivity contribution < 1.29 is 14.3 Å². The van der Waals surface area contributed by atoms with Crippen LogP contribution in [0.2, 0.25) is 0 Å². The number of esters is 1. The van der Waals surface area contributed by atoms with Crippen molar-refractivity contribution in [2.45, 2.75) is 39.0 Å². The van der Waals surface area contributed by atoms with Gasteiger partial charge in [0.05, 0.1) is 11.8 Å². The Morgan fingerprint density at radius 1 is 1.11 bits per heavy atom. The number of nitrogens with zero attached hydrogens (tertiary/aromatic N) is 1. The third kappa shape index (κ3) is 5.52. The van der Waals surface area contributed by atoms with E-state index in [0.717, 1.165) is 35.7 Å². The third-order valence-electron chi connectivity index (χ3n) is 4.82. The fraction of sp³-hybridized carbons (Fsp3) is 0.318. The average molecular weight is 443 g/mol. The van der Waals surface area contributed by atoms with Gasteiger partial charge in [0.1, 0.15) is 5.75 Å². The molecule has 0 aromatic heterocycles. The molecule has 0 atom stereocenters. The molecule has 1 fully saturated rings. The maximum atomic E-state index is 12.4. The Morgan fingerprint density at radius 2 is 1.82 bits per heavy atom. The van der Waals surface area contributed by atoms with E-state index in [2.05, 4.69) is 26.5 Å². The van der Waals surface area contributed by atoms with E-state index in [4.69, 9.17) is 4.74 Å². The van der Waals surface area contributed by atoms with Gasteiger partial charge in [0.2, 0.25) is 5.91 Å². The minimum atomic E-state index is -0.441. The molecular weight excluding hydrogens is 420 g/mol. The van der Waals surface area contributed by atoms with Crippen LogP contribution < -0.4 is 10.2 Å². The van der Waals surface area contributed by atoms with Crippen molar-refractivity contribution in [2.75, 3.05) is 0 Å². The molecule has 1 aliphatic carbocycles. The standard InChI is InChI=1S/C22H23BrN2O3/c1-15-7-9-17(10-8-15)22(27)28-20-12-11-19(23)13-18(20)14-24-25-21(26)16-5-3-2-4-6-16/h7-14,16H,2-6H2,1H3,(H,25,26)/b24-14-. The largest absolute Gasteiger partial charge is 0.422 e. The first-order chi connectivity index (χ1) is 13.5. The molecule has 2 aromatic carbocycles. The number of hydrogen-bond donors (Lipinski definition) is 1. The maximum absolute atomic E-state index is 12.4. The second-order valence-corrected chi connectivity index (χ2v) is 7.92. The lowest BCUT2D eigenvalue weighted by Crippen LogP contribution is -2.28. The van der Waals surface area contributed by atoms with E-state index in [1.165, 1.54) is 12.6 Å². The molecule has 0 heterocycles. The Hall–Kier alpha value is -2.47. The van der Waals surface area contributed by atoms with Gasteiger partial charge < -0.3 is 4.74 Å². The van der Waals surface area contributed by atoms with E-state index >= 15 is 0 Å². The second-order valence-electron chi connectivity index (χ2n) is 7.01. The highest BCUT2D eigenvalue weighted by Gasteiger charge is 2.20. The quantitative estimate of drug-likeness (QED) is 0.306. The average Bonchev–Trinajstić information content (AvgIpc) is 2.71. The number of benzene rings is 2. The van der Waals surface area contributed by atoms with Crippen molar-refractivity contribution in [3.63, 3.8) is 0 Å². The zero-order valence-corrected chi connectivity index (χ0v) is 17.4. The van der Waals surface area contributed by atoms with Gasteiger partial charge in [-0.3, -0.25) is 4.79 Å². The highest BCUT2D eigenvalue weighted by molar-refractivity contribution is 9.10. The van der Waals surface area contributed by atoms with Crippen molar-refractivity contribution >= 4 is 34.0 Å². The van der Waals surface area contributed by atoms with E-state index in [-0.39, 0.29) is 11.8 Å².